The first-order valence-electron chi connectivity index (χ1n) is 6.49. The second-order valence-corrected chi connectivity index (χ2v) is 6.32. The molecule has 0 unspecified atom stereocenters. The van der Waals surface area contributed by atoms with Crippen LogP contribution in [0.5, 0.6) is 0 Å². The van der Waals surface area contributed by atoms with Gasteiger partial charge in [0.05, 0.1) is 26.9 Å². The van der Waals surface area contributed by atoms with Gasteiger partial charge < -0.3 is 4.42 Å². The standard InChI is InChI=1S/C16H9Cl2NO3S/c17-12-7-6-10(9-13(12)18)19-15(20)14(23-16(19)21)5-1-3-11-4-2-8-22-11/h1-9H/b3-1+,14-5+. The van der Waals surface area contributed by atoms with E-state index in [9.17, 15) is 9.59 Å². The van der Waals surface area contributed by atoms with Crippen molar-refractivity contribution in [2.24, 2.45) is 0 Å². The molecular formula is C16H9Cl2NO3S. The number of halogens is 2. The molecule has 1 saturated heterocycles. The number of rotatable bonds is 3. The van der Waals surface area contributed by atoms with Gasteiger partial charge in [0.2, 0.25) is 0 Å². The van der Waals surface area contributed by atoms with Crippen molar-refractivity contribution >= 4 is 57.9 Å². The topological polar surface area (TPSA) is 50.5 Å². The summed E-state index contributed by atoms with van der Waals surface area (Å²) in [5.74, 6) is 0.257. The van der Waals surface area contributed by atoms with Crippen molar-refractivity contribution < 1.29 is 14.0 Å². The third-order valence-corrected chi connectivity index (χ3v) is 4.63. The lowest BCUT2D eigenvalue weighted by Crippen LogP contribution is -2.27. The highest BCUT2D eigenvalue weighted by Gasteiger charge is 2.36. The van der Waals surface area contributed by atoms with E-state index >= 15 is 0 Å². The predicted molar refractivity (Wildman–Crippen MR) is 92.8 cm³/mol. The van der Waals surface area contributed by atoms with Crippen molar-refractivity contribution in [1.82, 2.24) is 0 Å². The van der Waals surface area contributed by atoms with E-state index in [0.29, 0.717) is 21.4 Å². The maximum atomic E-state index is 12.4. The Kier molecular flexibility index (Phi) is 4.61. The van der Waals surface area contributed by atoms with Crippen LogP contribution in [-0.4, -0.2) is 11.1 Å². The number of imide groups is 1. The highest BCUT2D eigenvalue weighted by Crippen LogP contribution is 2.36. The van der Waals surface area contributed by atoms with Gasteiger partial charge in [-0.1, -0.05) is 29.3 Å². The van der Waals surface area contributed by atoms with Crippen LogP contribution >= 0.6 is 35.0 Å². The van der Waals surface area contributed by atoms with Gasteiger partial charge in [0.25, 0.3) is 11.1 Å². The van der Waals surface area contributed by atoms with E-state index < -0.39 is 5.91 Å². The van der Waals surface area contributed by atoms with Crippen LogP contribution in [0.3, 0.4) is 0 Å². The summed E-state index contributed by atoms with van der Waals surface area (Å²) in [7, 11) is 0. The number of hydrogen-bond acceptors (Lipinski definition) is 4. The van der Waals surface area contributed by atoms with Crippen LogP contribution in [0.1, 0.15) is 5.76 Å². The van der Waals surface area contributed by atoms with Crippen LogP contribution in [0.25, 0.3) is 6.08 Å². The molecule has 116 valence electrons. The number of anilines is 1. The minimum Gasteiger partial charge on any atom is -0.465 e. The fourth-order valence-electron chi connectivity index (χ4n) is 1.95. The molecule has 0 bridgehead atoms. The van der Waals surface area contributed by atoms with E-state index in [2.05, 4.69) is 0 Å². The first-order valence-corrected chi connectivity index (χ1v) is 8.06. The number of thioether (sulfide) groups is 1. The van der Waals surface area contributed by atoms with Crippen LogP contribution in [0.15, 0.2) is 58.1 Å². The van der Waals surface area contributed by atoms with E-state index in [-0.39, 0.29) is 10.3 Å². The Morgan fingerprint density at radius 1 is 1.13 bits per heavy atom. The molecule has 7 heteroatoms. The zero-order valence-corrected chi connectivity index (χ0v) is 13.9. The molecule has 1 aromatic carbocycles. The number of hydrogen-bond donors (Lipinski definition) is 0. The molecule has 1 aliphatic rings. The van der Waals surface area contributed by atoms with Crippen LogP contribution in [0.4, 0.5) is 10.5 Å². The average Bonchev–Trinajstić information content (AvgIpc) is 3.12. The first-order chi connectivity index (χ1) is 11.1. The van der Waals surface area contributed by atoms with Crippen molar-refractivity contribution in [1.29, 1.82) is 0 Å². The van der Waals surface area contributed by atoms with E-state index in [1.54, 1.807) is 48.8 Å². The van der Waals surface area contributed by atoms with Gasteiger partial charge in [0.15, 0.2) is 0 Å². The minimum atomic E-state index is -0.400. The number of carbonyl (C=O) groups is 2. The van der Waals surface area contributed by atoms with Gasteiger partial charge in [-0.05, 0) is 54.2 Å². The summed E-state index contributed by atoms with van der Waals surface area (Å²) in [6.45, 7) is 0. The summed E-state index contributed by atoms with van der Waals surface area (Å²) >= 11 is 12.7. The Labute approximate surface area is 146 Å². The third kappa shape index (κ3) is 3.37. The molecule has 23 heavy (non-hydrogen) atoms. The molecule has 4 nitrogen and oxygen atoms in total. The smallest absolute Gasteiger partial charge is 0.298 e. The van der Waals surface area contributed by atoms with Crippen molar-refractivity contribution in [2.45, 2.75) is 0 Å². The molecule has 2 amide bonds. The molecule has 2 heterocycles. The van der Waals surface area contributed by atoms with E-state index in [1.807, 2.05) is 0 Å². The lowest BCUT2D eigenvalue weighted by molar-refractivity contribution is -0.113. The number of carbonyl (C=O) groups excluding carboxylic acids is 2. The molecular weight excluding hydrogens is 357 g/mol. The Balaban J connectivity index is 1.83. The zero-order valence-electron chi connectivity index (χ0n) is 11.5. The molecule has 1 fully saturated rings. The highest BCUT2D eigenvalue weighted by atomic mass is 35.5. The molecule has 0 saturated carbocycles. The number of furan rings is 1. The Morgan fingerprint density at radius 3 is 2.65 bits per heavy atom. The Morgan fingerprint density at radius 2 is 1.96 bits per heavy atom. The van der Waals surface area contributed by atoms with Crippen LogP contribution in [0.2, 0.25) is 10.0 Å². The van der Waals surface area contributed by atoms with Gasteiger partial charge in [-0.2, -0.15) is 0 Å². The van der Waals surface area contributed by atoms with Gasteiger partial charge in [-0.25, -0.2) is 4.90 Å². The van der Waals surface area contributed by atoms with Gasteiger partial charge >= 0.3 is 0 Å². The molecule has 1 aromatic heterocycles. The highest BCUT2D eigenvalue weighted by molar-refractivity contribution is 8.18. The molecule has 0 radical (unpaired) electrons. The molecule has 1 aliphatic heterocycles. The summed E-state index contributed by atoms with van der Waals surface area (Å²) in [6.07, 6.45) is 6.49. The lowest BCUT2D eigenvalue weighted by Gasteiger charge is -2.12. The minimum absolute atomic E-state index is 0.282. The molecule has 0 N–H and O–H groups in total. The summed E-state index contributed by atoms with van der Waals surface area (Å²) in [5.41, 5.74) is 0.389. The SMILES string of the molecule is O=C1S/C(=C/C=C/c2ccco2)C(=O)N1c1ccc(Cl)c(Cl)c1. The largest absolute Gasteiger partial charge is 0.465 e. The second-order valence-electron chi connectivity index (χ2n) is 4.51. The van der Waals surface area contributed by atoms with Gasteiger partial charge in [-0.3, -0.25) is 9.59 Å². The molecule has 0 aliphatic carbocycles. The lowest BCUT2D eigenvalue weighted by atomic mass is 10.3. The third-order valence-electron chi connectivity index (χ3n) is 3.01. The van der Waals surface area contributed by atoms with Crippen molar-refractivity contribution in [3.8, 4) is 0 Å². The fraction of sp³-hybridized carbons (Fsp3) is 0. The van der Waals surface area contributed by atoms with Gasteiger partial charge in [0, 0.05) is 0 Å². The molecule has 2 aromatic rings. The molecule has 0 atom stereocenters. The second kappa shape index (κ2) is 6.66. The number of benzene rings is 1. The maximum Gasteiger partial charge on any atom is 0.298 e. The van der Waals surface area contributed by atoms with Crippen LogP contribution < -0.4 is 4.90 Å². The summed E-state index contributed by atoms with van der Waals surface area (Å²) < 4.78 is 5.15. The quantitative estimate of drug-likeness (QED) is 0.684. The van der Waals surface area contributed by atoms with Gasteiger partial charge in [-0.15, -0.1) is 0 Å². The van der Waals surface area contributed by atoms with Crippen molar-refractivity contribution in [2.75, 3.05) is 4.90 Å². The Bertz CT molecular complexity index is 828. The number of allylic oxidation sites excluding steroid dienone is 2. The van der Waals surface area contributed by atoms with E-state index in [4.69, 9.17) is 27.6 Å². The monoisotopic (exact) mass is 365 g/mol. The van der Waals surface area contributed by atoms with E-state index in [0.717, 1.165) is 16.7 Å². The fourth-order valence-corrected chi connectivity index (χ4v) is 3.03. The summed E-state index contributed by atoms with van der Waals surface area (Å²) in [6, 6.07) is 8.15. The summed E-state index contributed by atoms with van der Waals surface area (Å²) in [4.78, 5) is 25.9. The normalized spacial score (nSPS) is 17.0. The Hall–Kier alpha value is -1.95. The maximum absolute atomic E-state index is 12.4. The van der Waals surface area contributed by atoms with Crippen LogP contribution in [-0.2, 0) is 4.79 Å². The molecule has 0 spiro atoms. The number of nitrogens with zero attached hydrogens (tertiary/aromatic N) is 1. The van der Waals surface area contributed by atoms with Crippen molar-refractivity contribution in [3.63, 3.8) is 0 Å². The van der Waals surface area contributed by atoms with Gasteiger partial charge in [0.1, 0.15) is 5.76 Å². The molecule has 3 rings (SSSR count). The predicted octanol–water partition coefficient (Wildman–Crippen LogP) is 5.38. The van der Waals surface area contributed by atoms with Crippen molar-refractivity contribution in [3.05, 3.63) is 69.5 Å². The number of amides is 2. The average molecular weight is 366 g/mol. The zero-order chi connectivity index (χ0) is 16.4. The van der Waals surface area contributed by atoms with Crippen LogP contribution in [0, 0.1) is 0 Å². The summed E-state index contributed by atoms with van der Waals surface area (Å²) in [5, 5.41) is 0.260. The first kappa shape index (κ1) is 15.9. The van der Waals surface area contributed by atoms with E-state index in [1.165, 1.54) is 6.07 Å².